The Morgan fingerprint density at radius 2 is 1.72 bits per heavy atom. The van der Waals surface area contributed by atoms with Crippen LogP contribution in [-0.2, 0) is 4.79 Å². The summed E-state index contributed by atoms with van der Waals surface area (Å²) in [6.45, 7) is -0.343. The molecule has 2 aromatic rings. The van der Waals surface area contributed by atoms with Crippen LogP contribution in [0.15, 0.2) is 54.6 Å². The molecule has 0 saturated heterocycles. The van der Waals surface area contributed by atoms with Gasteiger partial charge in [-0.15, -0.1) is 0 Å². The van der Waals surface area contributed by atoms with E-state index < -0.39 is 6.61 Å². The van der Waals surface area contributed by atoms with Gasteiger partial charge in [-0.1, -0.05) is 50.1 Å². The van der Waals surface area contributed by atoms with Crippen molar-refractivity contribution in [3.8, 4) is 5.75 Å². The highest BCUT2D eigenvalue weighted by molar-refractivity contribution is 5.77. The topological polar surface area (TPSA) is 54.9 Å². The molecule has 1 aliphatic rings. The van der Waals surface area contributed by atoms with E-state index in [0.29, 0.717) is 12.5 Å². The monoisotopic (exact) mass is 403 g/mol. The first kappa shape index (κ1) is 21.2. The van der Waals surface area contributed by atoms with E-state index in [4.69, 9.17) is 0 Å². The number of rotatable bonds is 8. The number of carbonyl (C=O) groups is 1. The molecule has 29 heavy (non-hydrogen) atoms. The molecule has 1 fully saturated rings. The van der Waals surface area contributed by atoms with Crippen molar-refractivity contribution < 1.29 is 23.6 Å². The summed E-state index contributed by atoms with van der Waals surface area (Å²) in [5.74, 6) is 0.668. The van der Waals surface area contributed by atoms with Gasteiger partial charge in [0.25, 0.3) is 5.91 Å². The first-order chi connectivity index (χ1) is 14.0. The number of alkyl halides is 2. The molecule has 3 N–H and O–H groups in total. The zero-order valence-electron chi connectivity index (χ0n) is 16.7. The molecule has 4 nitrogen and oxygen atoms in total. The summed E-state index contributed by atoms with van der Waals surface area (Å²) in [5.41, 5.74) is 1.98. The van der Waals surface area contributed by atoms with Gasteiger partial charge in [0.15, 0.2) is 6.54 Å². The Hall–Kier alpha value is -2.47. The van der Waals surface area contributed by atoms with E-state index in [2.05, 4.69) is 17.0 Å². The van der Waals surface area contributed by atoms with Crippen molar-refractivity contribution >= 4 is 5.91 Å². The molecule has 0 radical (unpaired) electrons. The third-order valence-electron chi connectivity index (χ3n) is 5.62. The molecule has 0 spiro atoms. The number of carbonyl (C=O) groups excluding carboxylic acids is 1. The number of nitrogens with two attached hydrogens (primary N) is 1. The average Bonchev–Trinajstić information content (AvgIpc) is 2.71. The molecule has 3 rings (SSSR count). The lowest BCUT2D eigenvalue weighted by Crippen LogP contribution is -2.88. The van der Waals surface area contributed by atoms with Crippen LogP contribution in [0.25, 0.3) is 0 Å². The SMILES string of the molecule is C[C@H]1CCCC[C@@H]1NC(=O)C[NH2+][C@@H](c1ccccc1)c1ccc(OC(F)F)cc1. The van der Waals surface area contributed by atoms with Crippen molar-refractivity contribution in [1.82, 2.24) is 5.32 Å². The van der Waals surface area contributed by atoms with Gasteiger partial charge in [-0.05, 0) is 43.0 Å². The molecule has 0 heterocycles. The average molecular weight is 403 g/mol. The third-order valence-corrected chi connectivity index (χ3v) is 5.62. The minimum atomic E-state index is -2.84. The molecular weight excluding hydrogens is 374 g/mol. The van der Waals surface area contributed by atoms with Crippen molar-refractivity contribution in [2.75, 3.05) is 6.54 Å². The number of halogens is 2. The Balaban J connectivity index is 1.67. The molecule has 2 aromatic carbocycles. The van der Waals surface area contributed by atoms with Gasteiger partial charge in [0.05, 0.1) is 0 Å². The lowest BCUT2D eigenvalue weighted by Gasteiger charge is -2.29. The van der Waals surface area contributed by atoms with E-state index in [9.17, 15) is 13.6 Å². The summed E-state index contributed by atoms with van der Waals surface area (Å²) in [5, 5.41) is 5.17. The molecular formula is C23H29F2N2O2+. The molecule has 0 aliphatic heterocycles. The van der Waals surface area contributed by atoms with Crippen molar-refractivity contribution in [3.05, 3.63) is 65.7 Å². The third kappa shape index (κ3) is 6.26. The van der Waals surface area contributed by atoms with Gasteiger partial charge in [-0.2, -0.15) is 8.78 Å². The van der Waals surface area contributed by atoms with Crippen molar-refractivity contribution in [1.29, 1.82) is 0 Å². The maximum absolute atomic E-state index is 12.6. The molecule has 0 bridgehead atoms. The Morgan fingerprint density at radius 1 is 1.07 bits per heavy atom. The maximum Gasteiger partial charge on any atom is 0.387 e. The lowest BCUT2D eigenvalue weighted by atomic mass is 9.86. The number of nitrogens with one attached hydrogen (secondary N) is 1. The largest absolute Gasteiger partial charge is 0.435 e. The summed E-state index contributed by atoms with van der Waals surface area (Å²) >= 11 is 0. The summed E-state index contributed by atoms with van der Waals surface area (Å²) in [4.78, 5) is 12.6. The van der Waals surface area contributed by atoms with Gasteiger partial charge in [-0.3, -0.25) is 4.79 Å². The van der Waals surface area contributed by atoms with Crippen LogP contribution in [0, 0.1) is 5.92 Å². The van der Waals surface area contributed by atoms with Crippen LogP contribution in [0.2, 0.25) is 0 Å². The van der Waals surface area contributed by atoms with Gasteiger partial charge >= 0.3 is 6.61 Å². The van der Waals surface area contributed by atoms with E-state index >= 15 is 0 Å². The van der Waals surface area contributed by atoms with Gasteiger partial charge < -0.3 is 15.4 Å². The molecule has 3 atom stereocenters. The van der Waals surface area contributed by atoms with Gasteiger partial charge in [0.2, 0.25) is 0 Å². The second kappa shape index (κ2) is 10.3. The van der Waals surface area contributed by atoms with E-state index in [1.165, 1.54) is 25.0 Å². The molecule has 156 valence electrons. The lowest BCUT2D eigenvalue weighted by molar-refractivity contribution is -0.676. The smallest absolute Gasteiger partial charge is 0.387 e. The first-order valence-corrected chi connectivity index (χ1v) is 10.3. The predicted molar refractivity (Wildman–Crippen MR) is 108 cm³/mol. The highest BCUT2D eigenvalue weighted by Gasteiger charge is 2.24. The van der Waals surface area contributed by atoms with Crippen LogP contribution >= 0.6 is 0 Å². The van der Waals surface area contributed by atoms with Crippen LogP contribution in [0.1, 0.15) is 49.8 Å². The van der Waals surface area contributed by atoms with Crippen LogP contribution in [0.3, 0.4) is 0 Å². The summed E-state index contributed by atoms with van der Waals surface area (Å²) < 4.78 is 29.2. The maximum atomic E-state index is 12.6. The summed E-state index contributed by atoms with van der Waals surface area (Å²) in [6, 6.07) is 16.6. The van der Waals surface area contributed by atoms with Crippen LogP contribution in [0.4, 0.5) is 8.78 Å². The van der Waals surface area contributed by atoms with E-state index in [0.717, 1.165) is 24.0 Å². The van der Waals surface area contributed by atoms with E-state index in [1.807, 2.05) is 35.6 Å². The van der Waals surface area contributed by atoms with E-state index in [-0.39, 0.29) is 23.7 Å². The first-order valence-electron chi connectivity index (χ1n) is 10.3. The minimum absolute atomic E-state index is 0.0299. The van der Waals surface area contributed by atoms with Crippen LogP contribution in [-0.4, -0.2) is 25.1 Å². The highest BCUT2D eigenvalue weighted by atomic mass is 19.3. The zero-order valence-corrected chi connectivity index (χ0v) is 16.7. The quantitative estimate of drug-likeness (QED) is 0.707. The fraction of sp³-hybridized carbons (Fsp3) is 0.435. The van der Waals surface area contributed by atoms with Gasteiger partial charge in [0, 0.05) is 17.2 Å². The number of ether oxygens (including phenoxy) is 1. The predicted octanol–water partition coefficient (Wildman–Crippen LogP) is 3.64. The summed E-state index contributed by atoms with van der Waals surface area (Å²) in [7, 11) is 0. The van der Waals surface area contributed by atoms with Gasteiger partial charge in [-0.25, -0.2) is 0 Å². The second-order valence-electron chi connectivity index (χ2n) is 7.71. The number of hydrogen-bond donors (Lipinski definition) is 2. The Morgan fingerprint density at radius 3 is 2.38 bits per heavy atom. The number of quaternary nitrogens is 1. The van der Waals surface area contributed by atoms with Crippen LogP contribution in [0.5, 0.6) is 5.75 Å². The molecule has 1 saturated carbocycles. The fourth-order valence-electron chi connectivity index (χ4n) is 4.00. The zero-order chi connectivity index (χ0) is 20.6. The van der Waals surface area contributed by atoms with Crippen LogP contribution < -0.4 is 15.4 Å². The second-order valence-corrected chi connectivity index (χ2v) is 7.71. The molecule has 1 aliphatic carbocycles. The Bertz CT molecular complexity index is 768. The number of benzene rings is 2. The normalized spacial score (nSPS) is 20.3. The number of hydrogen-bond acceptors (Lipinski definition) is 2. The summed E-state index contributed by atoms with van der Waals surface area (Å²) in [6.07, 6.45) is 4.61. The molecule has 0 unspecified atom stereocenters. The Kier molecular flexibility index (Phi) is 7.58. The minimum Gasteiger partial charge on any atom is -0.435 e. The van der Waals surface area contributed by atoms with E-state index in [1.54, 1.807) is 12.1 Å². The van der Waals surface area contributed by atoms with Crippen molar-refractivity contribution in [2.24, 2.45) is 5.92 Å². The standard InChI is InChI=1S/C23H28F2N2O2/c1-16-7-5-6-10-20(16)27-21(28)15-26-22(17-8-3-2-4-9-17)18-11-13-19(14-12-18)29-23(24)25/h2-4,8-9,11-14,16,20,22-23,26H,5-7,10,15H2,1H3,(H,27,28)/p+1/t16-,20-,22-/m0/s1. The van der Waals surface area contributed by atoms with Crippen molar-refractivity contribution in [2.45, 2.75) is 51.3 Å². The fourth-order valence-corrected chi connectivity index (χ4v) is 4.00. The Labute approximate surface area is 170 Å². The van der Waals surface area contributed by atoms with Gasteiger partial charge in [0.1, 0.15) is 11.8 Å². The molecule has 0 aromatic heterocycles. The highest BCUT2D eigenvalue weighted by Crippen LogP contribution is 2.24. The number of amides is 1. The van der Waals surface area contributed by atoms with Crippen molar-refractivity contribution in [3.63, 3.8) is 0 Å². The molecule has 6 heteroatoms. The molecule has 1 amide bonds.